The molecule has 1 heterocycles. The van der Waals surface area contributed by atoms with Crippen LogP contribution in [0.5, 0.6) is 0 Å². The summed E-state index contributed by atoms with van der Waals surface area (Å²) in [7, 11) is 1.58. The first-order valence-corrected chi connectivity index (χ1v) is 10.3. The number of carbonyl (C=O) groups excluding carboxylic acids is 2. The summed E-state index contributed by atoms with van der Waals surface area (Å²) in [4.78, 5) is 25.4. The minimum atomic E-state index is -0.632. The van der Waals surface area contributed by atoms with Crippen LogP contribution in [-0.4, -0.2) is 34.7 Å². The van der Waals surface area contributed by atoms with Crippen molar-refractivity contribution in [1.82, 2.24) is 20.4 Å². The van der Waals surface area contributed by atoms with Crippen molar-refractivity contribution in [2.45, 2.75) is 65.5 Å². The molecule has 1 aromatic heterocycles. The number of nitrogens with one attached hydrogen (secondary N) is 2. The lowest BCUT2D eigenvalue weighted by atomic mass is 9.86. The van der Waals surface area contributed by atoms with Crippen LogP contribution in [0.4, 0.5) is 0 Å². The summed E-state index contributed by atoms with van der Waals surface area (Å²) in [5.41, 5.74) is 0.964. The Hall–Kier alpha value is -2.37. The van der Waals surface area contributed by atoms with Gasteiger partial charge in [0.25, 0.3) is 5.91 Å². The van der Waals surface area contributed by atoms with Gasteiger partial charge in [-0.1, -0.05) is 58.2 Å². The van der Waals surface area contributed by atoms with E-state index in [1.54, 1.807) is 7.05 Å². The number of carbonyl (C=O) groups is 2. The number of likely N-dealkylation sites (N-methyl/N-ethyl adjacent to an activating group) is 1. The van der Waals surface area contributed by atoms with Crippen molar-refractivity contribution >= 4 is 22.7 Å². The number of fused-ring (bicyclic) bond motifs is 1. The van der Waals surface area contributed by atoms with Gasteiger partial charge in [0.15, 0.2) is 5.69 Å². The number of rotatable bonds is 5. The molecule has 28 heavy (non-hydrogen) atoms. The Morgan fingerprint density at radius 3 is 2.50 bits per heavy atom. The van der Waals surface area contributed by atoms with Crippen molar-refractivity contribution in [3.8, 4) is 0 Å². The maximum atomic E-state index is 13.1. The quantitative estimate of drug-likeness (QED) is 0.828. The molecule has 2 amide bonds. The SMILES string of the molecule is CNC(=O)[C@@H](NC(=O)c1nn(CC2CCCCC2)c2ccccc12)C(C)(C)C. The molecule has 0 bridgehead atoms. The van der Waals surface area contributed by atoms with Gasteiger partial charge in [0, 0.05) is 19.0 Å². The minimum Gasteiger partial charge on any atom is -0.357 e. The van der Waals surface area contributed by atoms with Gasteiger partial charge in [0.1, 0.15) is 6.04 Å². The van der Waals surface area contributed by atoms with E-state index in [1.807, 2.05) is 49.7 Å². The molecule has 1 aliphatic carbocycles. The van der Waals surface area contributed by atoms with E-state index in [0.29, 0.717) is 11.6 Å². The Labute approximate surface area is 167 Å². The summed E-state index contributed by atoms with van der Waals surface area (Å²) in [5.74, 6) is 0.107. The van der Waals surface area contributed by atoms with Gasteiger partial charge in [-0.2, -0.15) is 5.10 Å². The maximum Gasteiger partial charge on any atom is 0.273 e. The highest BCUT2D eigenvalue weighted by Gasteiger charge is 2.33. The highest BCUT2D eigenvalue weighted by atomic mass is 16.2. The monoisotopic (exact) mass is 384 g/mol. The van der Waals surface area contributed by atoms with E-state index in [2.05, 4.69) is 15.7 Å². The van der Waals surface area contributed by atoms with Crippen LogP contribution in [0.2, 0.25) is 0 Å². The van der Waals surface area contributed by atoms with Crippen molar-refractivity contribution in [3.05, 3.63) is 30.0 Å². The topological polar surface area (TPSA) is 76.0 Å². The van der Waals surface area contributed by atoms with Gasteiger partial charge >= 0.3 is 0 Å². The van der Waals surface area contributed by atoms with Gasteiger partial charge < -0.3 is 10.6 Å². The zero-order chi connectivity index (χ0) is 20.3. The smallest absolute Gasteiger partial charge is 0.273 e. The first-order chi connectivity index (χ1) is 13.3. The van der Waals surface area contributed by atoms with E-state index >= 15 is 0 Å². The van der Waals surface area contributed by atoms with Gasteiger partial charge in [-0.05, 0) is 30.2 Å². The summed E-state index contributed by atoms with van der Waals surface area (Å²) in [6.07, 6.45) is 6.31. The molecule has 0 aliphatic heterocycles. The predicted molar refractivity (Wildman–Crippen MR) is 111 cm³/mol. The molecule has 0 unspecified atom stereocenters. The van der Waals surface area contributed by atoms with Crippen LogP contribution >= 0.6 is 0 Å². The third-order valence-electron chi connectivity index (χ3n) is 5.68. The van der Waals surface area contributed by atoms with E-state index in [0.717, 1.165) is 17.4 Å². The van der Waals surface area contributed by atoms with Crippen molar-refractivity contribution in [2.24, 2.45) is 11.3 Å². The number of aromatic nitrogens is 2. The van der Waals surface area contributed by atoms with E-state index in [9.17, 15) is 9.59 Å². The maximum absolute atomic E-state index is 13.1. The van der Waals surface area contributed by atoms with Gasteiger partial charge in [0.2, 0.25) is 5.91 Å². The van der Waals surface area contributed by atoms with E-state index < -0.39 is 11.5 Å². The largest absolute Gasteiger partial charge is 0.357 e. The molecule has 2 aromatic rings. The Morgan fingerprint density at radius 1 is 1.18 bits per heavy atom. The standard InChI is InChI=1S/C22H32N4O2/c1-22(2,3)19(21(28)23-4)24-20(27)18-16-12-8-9-13-17(16)26(25-18)14-15-10-6-5-7-11-15/h8-9,12-13,15,19H,5-7,10-11,14H2,1-4H3,(H,23,28)(H,24,27)/t19-/m1/s1. The first-order valence-electron chi connectivity index (χ1n) is 10.3. The highest BCUT2D eigenvalue weighted by Crippen LogP contribution is 2.27. The molecule has 1 saturated carbocycles. The van der Waals surface area contributed by atoms with Crippen molar-refractivity contribution in [3.63, 3.8) is 0 Å². The summed E-state index contributed by atoms with van der Waals surface area (Å²) in [6, 6.07) is 7.21. The zero-order valence-electron chi connectivity index (χ0n) is 17.4. The molecule has 2 N–H and O–H groups in total. The van der Waals surface area contributed by atoms with Crippen molar-refractivity contribution in [2.75, 3.05) is 7.05 Å². The fourth-order valence-corrected chi connectivity index (χ4v) is 4.07. The number of para-hydroxylation sites is 1. The molecule has 1 aromatic carbocycles. The Balaban J connectivity index is 1.89. The van der Waals surface area contributed by atoms with Gasteiger partial charge in [-0.25, -0.2) is 0 Å². The average molecular weight is 385 g/mol. The third-order valence-corrected chi connectivity index (χ3v) is 5.68. The van der Waals surface area contributed by atoms with E-state index in [4.69, 9.17) is 0 Å². The second-order valence-corrected chi connectivity index (χ2v) is 8.94. The molecule has 1 fully saturated rings. The second kappa shape index (κ2) is 8.33. The van der Waals surface area contributed by atoms with Crippen LogP contribution in [0.25, 0.3) is 10.9 Å². The molecular formula is C22H32N4O2. The van der Waals surface area contributed by atoms with E-state index in [-0.39, 0.29) is 11.8 Å². The Morgan fingerprint density at radius 2 is 1.86 bits per heavy atom. The number of amides is 2. The van der Waals surface area contributed by atoms with Crippen molar-refractivity contribution in [1.29, 1.82) is 0 Å². The molecule has 0 saturated heterocycles. The predicted octanol–water partition coefficient (Wildman–Crippen LogP) is 3.51. The van der Waals surface area contributed by atoms with Crippen molar-refractivity contribution < 1.29 is 9.59 Å². The molecule has 6 heteroatoms. The number of hydrogen-bond donors (Lipinski definition) is 2. The third kappa shape index (κ3) is 4.37. The minimum absolute atomic E-state index is 0.202. The molecule has 6 nitrogen and oxygen atoms in total. The molecule has 3 rings (SSSR count). The zero-order valence-corrected chi connectivity index (χ0v) is 17.4. The lowest BCUT2D eigenvalue weighted by Gasteiger charge is -2.29. The van der Waals surface area contributed by atoms with Gasteiger partial charge in [0.05, 0.1) is 5.52 Å². The Kier molecular flexibility index (Phi) is 6.06. The second-order valence-electron chi connectivity index (χ2n) is 8.94. The van der Waals surface area contributed by atoms with Crippen LogP contribution in [0.1, 0.15) is 63.4 Å². The normalized spacial score (nSPS) is 16.7. The summed E-state index contributed by atoms with van der Waals surface area (Å²) >= 11 is 0. The lowest BCUT2D eigenvalue weighted by Crippen LogP contribution is -2.53. The average Bonchev–Trinajstić information content (AvgIpc) is 3.04. The van der Waals surface area contributed by atoms with Crippen LogP contribution in [-0.2, 0) is 11.3 Å². The van der Waals surface area contributed by atoms with Crippen LogP contribution in [0, 0.1) is 11.3 Å². The molecular weight excluding hydrogens is 352 g/mol. The fraction of sp³-hybridized carbons (Fsp3) is 0.591. The summed E-state index contributed by atoms with van der Waals surface area (Å²) in [5, 5.41) is 11.1. The van der Waals surface area contributed by atoms with Crippen LogP contribution in [0.15, 0.2) is 24.3 Å². The summed E-state index contributed by atoms with van der Waals surface area (Å²) < 4.78 is 1.98. The number of benzene rings is 1. The molecule has 152 valence electrons. The van der Waals surface area contributed by atoms with E-state index in [1.165, 1.54) is 32.1 Å². The molecule has 0 spiro atoms. The van der Waals surface area contributed by atoms with Gasteiger partial charge in [-0.15, -0.1) is 0 Å². The number of nitrogens with zero attached hydrogens (tertiary/aromatic N) is 2. The van der Waals surface area contributed by atoms with Crippen LogP contribution < -0.4 is 10.6 Å². The molecule has 0 radical (unpaired) electrons. The van der Waals surface area contributed by atoms with Gasteiger partial charge in [-0.3, -0.25) is 14.3 Å². The van der Waals surface area contributed by atoms with Crippen LogP contribution in [0.3, 0.4) is 0 Å². The summed E-state index contributed by atoms with van der Waals surface area (Å²) in [6.45, 7) is 6.65. The highest BCUT2D eigenvalue weighted by molar-refractivity contribution is 6.06. The molecule has 1 aliphatic rings. The lowest BCUT2D eigenvalue weighted by molar-refractivity contribution is -0.124. The molecule has 1 atom stereocenters. The fourth-order valence-electron chi connectivity index (χ4n) is 4.07. The number of hydrogen-bond acceptors (Lipinski definition) is 3. The first kappa shape index (κ1) is 20.4. The Bertz CT molecular complexity index is 844.